The first-order valence-electron chi connectivity index (χ1n) is 8.17. The van der Waals surface area contributed by atoms with Crippen LogP contribution in [0.4, 0.5) is 8.78 Å². The van der Waals surface area contributed by atoms with Crippen LogP contribution in [0, 0.1) is 48.1 Å². The fraction of sp³-hybridized carbons (Fsp3) is 0.0952. The van der Waals surface area contributed by atoms with Crippen molar-refractivity contribution in [3.63, 3.8) is 0 Å². The van der Waals surface area contributed by atoms with Crippen LogP contribution in [0.2, 0.25) is 0 Å². The van der Waals surface area contributed by atoms with Crippen LogP contribution < -0.4 is 14.8 Å². The van der Waals surface area contributed by atoms with E-state index in [1.54, 1.807) is 0 Å². The van der Waals surface area contributed by atoms with E-state index in [4.69, 9.17) is 0 Å². The van der Waals surface area contributed by atoms with Crippen LogP contribution in [0.5, 0.6) is 0 Å². The van der Waals surface area contributed by atoms with E-state index >= 15 is 0 Å². The lowest BCUT2D eigenvalue weighted by molar-refractivity contribution is 0.508. The number of halogens is 2. The third-order valence-corrected chi connectivity index (χ3v) is 5.26. The smallest absolute Gasteiger partial charge is 0.267 e. The highest BCUT2D eigenvalue weighted by Gasteiger charge is 2.15. The van der Waals surface area contributed by atoms with Gasteiger partial charge in [0, 0.05) is 0 Å². The van der Waals surface area contributed by atoms with E-state index in [1.165, 1.54) is 16.7 Å². The second-order valence-electron chi connectivity index (χ2n) is 6.07. The monoisotopic (exact) mass is 393 g/mol. The summed E-state index contributed by atoms with van der Waals surface area (Å²) in [6.45, 7) is 3.65. The number of benzene rings is 2. The molecule has 0 spiro atoms. The number of nitriles is 2. The third kappa shape index (κ3) is 3.36. The fourth-order valence-corrected chi connectivity index (χ4v) is 3.93. The van der Waals surface area contributed by atoms with Gasteiger partial charge in [-0.2, -0.15) is 10.5 Å². The number of rotatable bonds is 2. The molecule has 7 heteroatoms. The molecule has 0 N–H and O–H groups in total. The summed E-state index contributed by atoms with van der Waals surface area (Å²) in [5.74, 6) is -2.01. The van der Waals surface area contributed by atoms with E-state index in [-0.39, 0.29) is 14.8 Å². The average molecular weight is 393 g/mol. The molecular formula is C21H13F2N3OS. The highest BCUT2D eigenvalue weighted by atomic mass is 32.1. The fourth-order valence-electron chi connectivity index (χ4n) is 2.89. The summed E-state index contributed by atoms with van der Waals surface area (Å²) in [5, 5.41) is 18.7. The molecule has 4 nitrogen and oxygen atoms in total. The zero-order valence-electron chi connectivity index (χ0n) is 15.0. The van der Waals surface area contributed by atoms with Gasteiger partial charge >= 0.3 is 0 Å². The molecule has 3 aromatic rings. The summed E-state index contributed by atoms with van der Waals surface area (Å²) >= 11 is 0.957. The van der Waals surface area contributed by atoms with Crippen LogP contribution >= 0.6 is 11.3 Å². The number of thiazole rings is 1. The molecule has 0 aliphatic heterocycles. The van der Waals surface area contributed by atoms with Gasteiger partial charge in [-0.05, 0) is 48.7 Å². The maximum Gasteiger partial charge on any atom is 0.273 e. The van der Waals surface area contributed by atoms with E-state index in [0.29, 0.717) is 11.3 Å². The maximum atomic E-state index is 13.5. The van der Waals surface area contributed by atoms with Crippen molar-refractivity contribution >= 4 is 23.0 Å². The van der Waals surface area contributed by atoms with Crippen molar-refractivity contribution in [2.45, 2.75) is 13.8 Å². The predicted octanol–water partition coefficient (Wildman–Crippen LogP) is 2.82. The zero-order chi connectivity index (χ0) is 20.4. The molecule has 0 atom stereocenters. The zero-order valence-corrected chi connectivity index (χ0v) is 15.8. The molecule has 2 aromatic carbocycles. The van der Waals surface area contributed by atoms with Crippen LogP contribution in [0.25, 0.3) is 17.3 Å². The predicted molar refractivity (Wildman–Crippen MR) is 103 cm³/mol. The Morgan fingerprint density at radius 2 is 1.71 bits per heavy atom. The van der Waals surface area contributed by atoms with Crippen LogP contribution in [0.15, 0.2) is 41.2 Å². The minimum absolute atomic E-state index is 0.196. The molecule has 28 heavy (non-hydrogen) atoms. The molecule has 3 rings (SSSR count). The van der Waals surface area contributed by atoms with Crippen molar-refractivity contribution in [2.24, 2.45) is 0 Å². The van der Waals surface area contributed by atoms with Gasteiger partial charge in [0.2, 0.25) is 0 Å². The number of hydrogen-bond acceptors (Lipinski definition) is 4. The Hall–Kier alpha value is -3.55. The van der Waals surface area contributed by atoms with Crippen LogP contribution in [0.3, 0.4) is 0 Å². The van der Waals surface area contributed by atoms with Gasteiger partial charge in [-0.3, -0.25) is 9.36 Å². The molecule has 138 valence electrons. The first-order valence-corrected chi connectivity index (χ1v) is 8.98. The van der Waals surface area contributed by atoms with Gasteiger partial charge in [0.25, 0.3) is 5.56 Å². The second-order valence-corrected chi connectivity index (χ2v) is 7.10. The molecule has 0 aliphatic rings. The van der Waals surface area contributed by atoms with Gasteiger partial charge < -0.3 is 0 Å². The average Bonchev–Trinajstić information content (AvgIpc) is 2.96. The van der Waals surface area contributed by atoms with E-state index in [9.17, 15) is 24.1 Å². The van der Waals surface area contributed by atoms with Gasteiger partial charge in [0.15, 0.2) is 17.2 Å². The molecule has 0 amide bonds. The summed E-state index contributed by atoms with van der Waals surface area (Å²) in [6.07, 6.45) is 1.41. The van der Waals surface area contributed by atoms with Crippen molar-refractivity contribution in [3.8, 4) is 17.8 Å². The number of nitrogens with zero attached hydrogens (tertiary/aromatic N) is 3. The standard InChI is InChI=1S/C21H13F2N3OS/c1-12-4-3-5-13(2)19(12)26-20(27)18(28-21(26)15(10-24)11-25)9-14-6-7-16(22)17(23)8-14/h3-9H,1-2H3/b18-9+. The molecule has 1 heterocycles. The Balaban J connectivity index is 2.45. The number of hydrogen-bond donors (Lipinski definition) is 0. The second kappa shape index (κ2) is 7.59. The first kappa shape index (κ1) is 19.2. The number of aromatic nitrogens is 1. The first-order chi connectivity index (χ1) is 13.4. The van der Waals surface area contributed by atoms with E-state index < -0.39 is 17.2 Å². The van der Waals surface area contributed by atoms with Gasteiger partial charge in [0.05, 0.1) is 10.2 Å². The van der Waals surface area contributed by atoms with Crippen molar-refractivity contribution in [3.05, 3.63) is 84.3 Å². The molecule has 0 radical (unpaired) electrons. The van der Waals surface area contributed by atoms with Gasteiger partial charge in [-0.15, -0.1) is 11.3 Å². The summed E-state index contributed by atoms with van der Waals surface area (Å²) in [5.41, 5.74) is 1.85. The van der Waals surface area contributed by atoms with E-state index in [1.807, 2.05) is 44.2 Å². The lowest BCUT2D eigenvalue weighted by Crippen LogP contribution is -2.31. The number of aryl methyl sites for hydroxylation is 2. The Kier molecular flexibility index (Phi) is 5.21. The highest BCUT2D eigenvalue weighted by molar-refractivity contribution is 7.07. The summed E-state index contributed by atoms with van der Waals surface area (Å²) in [7, 11) is 0. The topological polar surface area (TPSA) is 69.6 Å². The minimum Gasteiger partial charge on any atom is -0.267 e. The Bertz CT molecular complexity index is 1320. The Morgan fingerprint density at radius 1 is 1.07 bits per heavy atom. The van der Waals surface area contributed by atoms with Crippen molar-refractivity contribution < 1.29 is 8.78 Å². The van der Waals surface area contributed by atoms with Crippen LogP contribution in [0.1, 0.15) is 16.7 Å². The highest BCUT2D eigenvalue weighted by Crippen LogP contribution is 2.16. The normalized spacial score (nSPS) is 11.1. The Morgan fingerprint density at radius 3 is 2.29 bits per heavy atom. The van der Waals surface area contributed by atoms with Crippen LogP contribution in [-0.4, -0.2) is 4.57 Å². The van der Waals surface area contributed by atoms with Gasteiger partial charge in [0.1, 0.15) is 16.8 Å². The molecule has 0 unspecified atom stereocenters. The summed E-state index contributed by atoms with van der Waals surface area (Å²) < 4.78 is 28.4. The van der Waals surface area contributed by atoms with Gasteiger partial charge in [-0.1, -0.05) is 24.3 Å². The molecular weight excluding hydrogens is 380 g/mol. The van der Waals surface area contributed by atoms with E-state index in [0.717, 1.165) is 34.6 Å². The minimum atomic E-state index is -1.03. The molecule has 0 bridgehead atoms. The SMILES string of the molecule is Cc1cccc(C)c1-n1c(=C(C#N)C#N)s/c(=C/c2ccc(F)c(F)c2)c1=O. The molecule has 0 saturated heterocycles. The lowest BCUT2D eigenvalue weighted by atomic mass is 10.1. The molecule has 0 fully saturated rings. The lowest BCUT2D eigenvalue weighted by Gasteiger charge is -2.10. The quantitative estimate of drug-likeness (QED) is 0.672. The van der Waals surface area contributed by atoms with Crippen molar-refractivity contribution in [2.75, 3.05) is 0 Å². The van der Waals surface area contributed by atoms with Crippen molar-refractivity contribution in [1.29, 1.82) is 10.5 Å². The van der Waals surface area contributed by atoms with Crippen molar-refractivity contribution in [1.82, 2.24) is 4.57 Å². The summed E-state index contributed by atoms with van der Waals surface area (Å²) in [4.78, 5) is 13.1. The molecule has 1 aromatic heterocycles. The maximum absolute atomic E-state index is 13.5. The third-order valence-electron chi connectivity index (χ3n) is 4.17. The largest absolute Gasteiger partial charge is 0.273 e. The van der Waals surface area contributed by atoms with E-state index in [2.05, 4.69) is 0 Å². The Labute approximate surface area is 163 Å². The molecule has 0 aliphatic carbocycles. The summed E-state index contributed by atoms with van der Waals surface area (Å²) in [6, 6.07) is 12.4. The van der Waals surface area contributed by atoms with Crippen LogP contribution in [-0.2, 0) is 0 Å². The molecule has 0 saturated carbocycles. The van der Waals surface area contributed by atoms with Gasteiger partial charge in [-0.25, -0.2) is 8.78 Å². The number of para-hydroxylation sites is 1.